The molecule has 0 aliphatic heterocycles. The highest BCUT2D eigenvalue weighted by atomic mass is 16.5. The van der Waals surface area contributed by atoms with Crippen molar-refractivity contribution in [2.75, 3.05) is 6.61 Å². The molecule has 0 aliphatic carbocycles. The van der Waals surface area contributed by atoms with Gasteiger partial charge in [-0.05, 0) is 38.3 Å². The Bertz CT molecular complexity index is 326. The first kappa shape index (κ1) is 14.0. The van der Waals surface area contributed by atoms with Crippen LogP contribution in [0.2, 0.25) is 0 Å². The molecule has 0 saturated heterocycles. The smallest absolute Gasteiger partial charge is 0.122 e. The van der Waals surface area contributed by atoms with Gasteiger partial charge in [0.1, 0.15) is 12.4 Å². The maximum Gasteiger partial charge on any atom is 0.122 e. The molecule has 0 heterocycles. The molecular weight excluding hydrogens is 212 g/mol. The van der Waals surface area contributed by atoms with Gasteiger partial charge in [-0.1, -0.05) is 38.0 Å². The molecule has 96 valence electrons. The summed E-state index contributed by atoms with van der Waals surface area (Å²) < 4.78 is 5.68. The van der Waals surface area contributed by atoms with Crippen LogP contribution in [0.25, 0.3) is 0 Å². The van der Waals surface area contributed by atoms with E-state index in [9.17, 15) is 5.11 Å². The van der Waals surface area contributed by atoms with Gasteiger partial charge in [-0.25, -0.2) is 0 Å². The van der Waals surface area contributed by atoms with Crippen LogP contribution in [0.4, 0.5) is 0 Å². The highest BCUT2D eigenvalue weighted by Gasteiger charge is 2.14. The summed E-state index contributed by atoms with van der Waals surface area (Å²) in [5.74, 6) is 0.908. The van der Waals surface area contributed by atoms with Crippen molar-refractivity contribution in [2.24, 2.45) is 0 Å². The Morgan fingerprint density at radius 2 is 1.88 bits per heavy atom. The largest absolute Gasteiger partial charge is 0.490 e. The summed E-state index contributed by atoms with van der Waals surface area (Å²) in [6.45, 7) is 6.05. The second kappa shape index (κ2) is 6.65. The van der Waals surface area contributed by atoms with Gasteiger partial charge in [0.15, 0.2) is 0 Å². The van der Waals surface area contributed by atoms with Gasteiger partial charge in [-0.2, -0.15) is 0 Å². The molecule has 2 heteroatoms. The van der Waals surface area contributed by atoms with Crippen molar-refractivity contribution in [3.05, 3.63) is 29.8 Å². The van der Waals surface area contributed by atoms with Crippen LogP contribution < -0.4 is 4.74 Å². The molecular formula is C15H24O2. The number of aryl methyl sites for hydroxylation is 1. The first-order chi connectivity index (χ1) is 8.03. The van der Waals surface area contributed by atoms with Crippen LogP contribution >= 0.6 is 0 Å². The summed E-state index contributed by atoms with van der Waals surface area (Å²) in [5, 5.41) is 9.66. The van der Waals surface area contributed by atoms with E-state index in [0.29, 0.717) is 6.61 Å². The van der Waals surface area contributed by atoms with Crippen LogP contribution in [0.15, 0.2) is 24.3 Å². The third-order valence-corrected chi connectivity index (χ3v) is 2.60. The minimum Gasteiger partial charge on any atom is -0.490 e. The number of rotatable bonds is 7. The van der Waals surface area contributed by atoms with Crippen LogP contribution in [0.3, 0.4) is 0 Å². The molecule has 0 aliphatic rings. The van der Waals surface area contributed by atoms with Gasteiger partial charge in [0.2, 0.25) is 0 Å². The van der Waals surface area contributed by atoms with Crippen molar-refractivity contribution in [3.63, 3.8) is 0 Å². The minimum atomic E-state index is -0.781. The molecule has 1 N–H and O–H groups in total. The molecule has 1 rings (SSSR count). The molecule has 0 radical (unpaired) electrons. The molecule has 1 aromatic carbocycles. The number of unbranched alkanes of at least 4 members (excludes halogenated alkanes) is 2. The van der Waals surface area contributed by atoms with Crippen LogP contribution in [-0.4, -0.2) is 17.3 Å². The Balaban J connectivity index is 2.58. The van der Waals surface area contributed by atoms with E-state index in [1.165, 1.54) is 24.8 Å². The zero-order valence-electron chi connectivity index (χ0n) is 11.2. The first-order valence-electron chi connectivity index (χ1n) is 6.46. The van der Waals surface area contributed by atoms with Crippen LogP contribution in [-0.2, 0) is 6.42 Å². The van der Waals surface area contributed by atoms with Crippen molar-refractivity contribution in [1.82, 2.24) is 0 Å². The molecule has 2 nitrogen and oxygen atoms in total. The van der Waals surface area contributed by atoms with Gasteiger partial charge in [0, 0.05) is 0 Å². The van der Waals surface area contributed by atoms with E-state index in [2.05, 4.69) is 13.0 Å². The molecule has 0 fully saturated rings. The Hall–Kier alpha value is -1.02. The Morgan fingerprint density at radius 3 is 2.53 bits per heavy atom. The van der Waals surface area contributed by atoms with Crippen molar-refractivity contribution in [1.29, 1.82) is 0 Å². The summed E-state index contributed by atoms with van der Waals surface area (Å²) in [5.41, 5.74) is 0.460. The van der Waals surface area contributed by atoms with E-state index in [1.807, 2.05) is 18.2 Å². The van der Waals surface area contributed by atoms with Crippen LogP contribution in [0.1, 0.15) is 45.6 Å². The van der Waals surface area contributed by atoms with Crippen LogP contribution in [0.5, 0.6) is 5.75 Å². The number of hydrogen-bond acceptors (Lipinski definition) is 2. The van der Waals surface area contributed by atoms with Crippen molar-refractivity contribution in [3.8, 4) is 5.75 Å². The molecule has 0 unspecified atom stereocenters. The van der Waals surface area contributed by atoms with Crippen molar-refractivity contribution in [2.45, 2.75) is 52.1 Å². The average molecular weight is 236 g/mol. The topological polar surface area (TPSA) is 29.5 Å². The molecule has 0 amide bonds. The average Bonchev–Trinajstić information content (AvgIpc) is 2.27. The maximum atomic E-state index is 9.66. The van der Waals surface area contributed by atoms with Gasteiger partial charge in [0.05, 0.1) is 5.60 Å². The Kier molecular flexibility index (Phi) is 5.49. The summed E-state index contributed by atoms with van der Waals surface area (Å²) in [4.78, 5) is 0. The third-order valence-electron chi connectivity index (χ3n) is 2.60. The number of para-hydroxylation sites is 1. The molecule has 0 atom stereocenters. The lowest BCUT2D eigenvalue weighted by Gasteiger charge is -2.19. The third kappa shape index (κ3) is 5.73. The van der Waals surface area contributed by atoms with Crippen molar-refractivity contribution < 1.29 is 9.84 Å². The van der Waals surface area contributed by atoms with Gasteiger partial charge in [-0.3, -0.25) is 0 Å². The fourth-order valence-corrected chi connectivity index (χ4v) is 1.67. The van der Waals surface area contributed by atoms with Crippen LogP contribution in [0, 0.1) is 0 Å². The zero-order chi connectivity index (χ0) is 12.7. The molecule has 0 saturated carbocycles. The first-order valence-corrected chi connectivity index (χ1v) is 6.46. The van der Waals surface area contributed by atoms with Gasteiger partial charge in [0.25, 0.3) is 0 Å². The molecule has 1 aromatic rings. The number of benzene rings is 1. The van der Waals surface area contributed by atoms with E-state index < -0.39 is 5.60 Å². The highest BCUT2D eigenvalue weighted by molar-refractivity contribution is 5.33. The second-order valence-electron chi connectivity index (χ2n) is 5.17. The second-order valence-corrected chi connectivity index (χ2v) is 5.17. The lowest BCUT2D eigenvalue weighted by atomic mass is 10.1. The van der Waals surface area contributed by atoms with E-state index in [0.717, 1.165) is 12.2 Å². The lowest BCUT2D eigenvalue weighted by Crippen LogP contribution is -2.28. The highest BCUT2D eigenvalue weighted by Crippen LogP contribution is 2.21. The van der Waals surface area contributed by atoms with Gasteiger partial charge >= 0.3 is 0 Å². The molecule has 0 spiro atoms. The van der Waals surface area contributed by atoms with Crippen molar-refractivity contribution >= 4 is 0 Å². The SMILES string of the molecule is CCCCCc1ccccc1OCC(C)(C)O. The molecule has 0 bridgehead atoms. The predicted octanol–water partition coefficient (Wildman–Crippen LogP) is 3.57. The lowest BCUT2D eigenvalue weighted by molar-refractivity contribution is 0.0281. The Morgan fingerprint density at radius 1 is 1.18 bits per heavy atom. The zero-order valence-corrected chi connectivity index (χ0v) is 11.2. The standard InChI is InChI=1S/C15H24O2/c1-4-5-6-9-13-10-7-8-11-14(13)17-12-15(2,3)16/h7-8,10-11,16H,4-6,9,12H2,1-3H3. The predicted molar refractivity (Wildman–Crippen MR) is 71.5 cm³/mol. The summed E-state index contributed by atoms with van der Waals surface area (Å²) in [6, 6.07) is 8.10. The van der Waals surface area contributed by atoms with Gasteiger partial charge in [-0.15, -0.1) is 0 Å². The monoisotopic (exact) mass is 236 g/mol. The van der Waals surface area contributed by atoms with E-state index >= 15 is 0 Å². The quantitative estimate of drug-likeness (QED) is 0.733. The number of ether oxygens (including phenoxy) is 1. The van der Waals surface area contributed by atoms with E-state index in [-0.39, 0.29) is 0 Å². The van der Waals surface area contributed by atoms with E-state index in [4.69, 9.17) is 4.74 Å². The van der Waals surface area contributed by atoms with E-state index in [1.54, 1.807) is 13.8 Å². The van der Waals surface area contributed by atoms with Gasteiger partial charge < -0.3 is 9.84 Å². The summed E-state index contributed by atoms with van der Waals surface area (Å²) in [6.07, 6.45) is 4.72. The summed E-state index contributed by atoms with van der Waals surface area (Å²) in [7, 11) is 0. The minimum absolute atomic E-state index is 0.331. The number of hydrogen-bond donors (Lipinski definition) is 1. The summed E-state index contributed by atoms with van der Waals surface area (Å²) >= 11 is 0. The number of aliphatic hydroxyl groups is 1. The fourth-order valence-electron chi connectivity index (χ4n) is 1.67. The normalized spacial score (nSPS) is 11.5. The fraction of sp³-hybridized carbons (Fsp3) is 0.600. The molecule has 17 heavy (non-hydrogen) atoms. The molecule has 0 aromatic heterocycles. The maximum absolute atomic E-state index is 9.66. The Labute approximate surface area is 105 Å².